The SMILES string of the molecule is O=C(C1CCCCS1)N1C[C@@H](O)[C@@H](O)C1. The van der Waals surface area contributed by atoms with Gasteiger partial charge in [0.1, 0.15) is 0 Å². The first-order chi connectivity index (χ1) is 7.18. The van der Waals surface area contributed by atoms with E-state index in [0.29, 0.717) is 0 Å². The molecule has 0 spiro atoms. The van der Waals surface area contributed by atoms with Crippen LogP contribution in [0.1, 0.15) is 19.3 Å². The van der Waals surface area contributed by atoms with E-state index in [0.717, 1.165) is 18.6 Å². The van der Waals surface area contributed by atoms with Crippen molar-refractivity contribution < 1.29 is 15.0 Å². The fourth-order valence-corrected chi connectivity index (χ4v) is 3.37. The van der Waals surface area contributed by atoms with E-state index in [-0.39, 0.29) is 24.2 Å². The molecule has 2 aliphatic heterocycles. The lowest BCUT2D eigenvalue weighted by atomic mass is 10.2. The highest BCUT2D eigenvalue weighted by molar-refractivity contribution is 8.00. The van der Waals surface area contributed by atoms with Gasteiger partial charge in [0.05, 0.1) is 17.5 Å². The van der Waals surface area contributed by atoms with Crippen LogP contribution in [-0.4, -0.2) is 57.3 Å². The van der Waals surface area contributed by atoms with Crippen molar-refractivity contribution in [2.75, 3.05) is 18.8 Å². The number of hydrogen-bond donors (Lipinski definition) is 2. The van der Waals surface area contributed by atoms with Crippen molar-refractivity contribution in [3.05, 3.63) is 0 Å². The van der Waals surface area contributed by atoms with Crippen LogP contribution in [0, 0.1) is 0 Å². The zero-order valence-electron chi connectivity index (χ0n) is 8.63. The molecule has 0 saturated carbocycles. The van der Waals surface area contributed by atoms with Crippen LogP contribution in [0.25, 0.3) is 0 Å². The number of thioether (sulfide) groups is 1. The van der Waals surface area contributed by atoms with Crippen LogP contribution in [0.5, 0.6) is 0 Å². The number of aliphatic hydroxyl groups excluding tert-OH is 2. The first-order valence-corrected chi connectivity index (χ1v) is 6.50. The Balaban J connectivity index is 1.90. The Kier molecular flexibility index (Phi) is 3.53. The number of nitrogens with zero attached hydrogens (tertiary/aromatic N) is 1. The van der Waals surface area contributed by atoms with E-state index in [2.05, 4.69) is 0 Å². The molecule has 1 unspecified atom stereocenters. The Morgan fingerprint density at radius 1 is 1.20 bits per heavy atom. The molecule has 0 bridgehead atoms. The van der Waals surface area contributed by atoms with Gasteiger partial charge in [-0.15, -0.1) is 11.8 Å². The molecule has 0 aliphatic carbocycles. The van der Waals surface area contributed by atoms with Gasteiger partial charge < -0.3 is 15.1 Å². The van der Waals surface area contributed by atoms with E-state index in [1.165, 1.54) is 6.42 Å². The highest BCUT2D eigenvalue weighted by atomic mass is 32.2. The molecule has 86 valence electrons. The molecule has 2 heterocycles. The quantitative estimate of drug-likeness (QED) is 0.658. The molecule has 2 rings (SSSR count). The van der Waals surface area contributed by atoms with Crippen LogP contribution >= 0.6 is 11.8 Å². The lowest BCUT2D eigenvalue weighted by molar-refractivity contribution is -0.130. The number of likely N-dealkylation sites (tertiary alicyclic amines) is 1. The average molecular weight is 231 g/mol. The largest absolute Gasteiger partial charge is 0.388 e. The Morgan fingerprint density at radius 2 is 1.87 bits per heavy atom. The first kappa shape index (κ1) is 11.2. The van der Waals surface area contributed by atoms with E-state index < -0.39 is 12.2 Å². The van der Waals surface area contributed by atoms with E-state index >= 15 is 0 Å². The average Bonchev–Trinajstić information content (AvgIpc) is 2.59. The molecule has 2 fully saturated rings. The second kappa shape index (κ2) is 4.72. The van der Waals surface area contributed by atoms with Crippen LogP contribution < -0.4 is 0 Å². The van der Waals surface area contributed by atoms with Crippen molar-refractivity contribution in [2.24, 2.45) is 0 Å². The predicted octanol–water partition coefficient (Wildman–Crippen LogP) is -0.164. The number of hydrogen-bond acceptors (Lipinski definition) is 4. The zero-order chi connectivity index (χ0) is 10.8. The number of β-amino-alcohol motifs (C(OH)–C–C–N with tert-alkyl or cyclic N) is 2. The van der Waals surface area contributed by atoms with Crippen molar-refractivity contribution in [1.82, 2.24) is 4.90 Å². The fourth-order valence-electron chi connectivity index (χ4n) is 2.09. The van der Waals surface area contributed by atoms with Crippen molar-refractivity contribution in [3.63, 3.8) is 0 Å². The second-order valence-electron chi connectivity index (χ2n) is 4.23. The standard InChI is InChI=1S/C10H17NO3S/c12-7-5-11(6-8(7)13)10(14)9-3-1-2-4-15-9/h7-9,12-13H,1-6H2/t7-,8+,9?. The van der Waals surface area contributed by atoms with Gasteiger partial charge in [-0.25, -0.2) is 0 Å². The third-order valence-corrected chi connectivity index (χ3v) is 4.39. The summed E-state index contributed by atoms with van der Waals surface area (Å²) >= 11 is 1.71. The number of aliphatic hydroxyl groups is 2. The first-order valence-electron chi connectivity index (χ1n) is 5.45. The third-order valence-electron chi connectivity index (χ3n) is 3.03. The monoisotopic (exact) mass is 231 g/mol. The molecule has 2 aliphatic rings. The molecule has 5 heteroatoms. The van der Waals surface area contributed by atoms with E-state index in [1.54, 1.807) is 16.7 Å². The summed E-state index contributed by atoms with van der Waals surface area (Å²) in [5.41, 5.74) is 0. The van der Waals surface area contributed by atoms with Crippen molar-refractivity contribution >= 4 is 17.7 Å². The Bertz CT molecular complexity index is 233. The Morgan fingerprint density at radius 3 is 2.40 bits per heavy atom. The predicted molar refractivity (Wildman–Crippen MR) is 58.7 cm³/mol. The molecule has 4 nitrogen and oxygen atoms in total. The van der Waals surface area contributed by atoms with E-state index in [9.17, 15) is 15.0 Å². The summed E-state index contributed by atoms with van der Waals surface area (Å²) in [6, 6.07) is 0. The summed E-state index contributed by atoms with van der Waals surface area (Å²) in [4.78, 5) is 13.6. The molecule has 0 aromatic carbocycles. The minimum atomic E-state index is -0.762. The van der Waals surface area contributed by atoms with Crippen molar-refractivity contribution in [1.29, 1.82) is 0 Å². The Labute approximate surface area is 93.6 Å². The normalized spacial score (nSPS) is 36.9. The van der Waals surface area contributed by atoms with E-state index in [1.807, 2.05) is 0 Å². The van der Waals surface area contributed by atoms with Crippen molar-refractivity contribution in [2.45, 2.75) is 36.7 Å². The van der Waals surface area contributed by atoms with Gasteiger partial charge in [-0.1, -0.05) is 6.42 Å². The zero-order valence-corrected chi connectivity index (χ0v) is 9.45. The second-order valence-corrected chi connectivity index (χ2v) is 5.54. The maximum Gasteiger partial charge on any atom is 0.235 e. The van der Waals surface area contributed by atoms with Gasteiger partial charge in [-0.2, -0.15) is 0 Å². The molecule has 0 aromatic heterocycles. The molecular formula is C10H17NO3S. The summed E-state index contributed by atoms with van der Waals surface area (Å²) in [6.45, 7) is 0.577. The van der Waals surface area contributed by atoms with Gasteiger partial charge in [0.25, 0.3) is 0 Å². The number of amides is 1. The molecule has 15 heavy (non-hydrogen) atoms. The molecule has 2 saturated heterocycles. The van der Waals surface area contributed by atoms with Crippen LogP contribution in [0.4, 0.5) is 0 Å². The van der Waals surface area contributed by atoms with Crippen LogP contribution in [-0.2, 0) is 4.79 Å². The minimum Gasteiger partial charge on any atom is -0.388 e. The molecule has 2 N–H and O–H groups in total. The fraction of sp³-hybridized carbons (Fsp3) is 0.900. The van der Waals surface area contributed by atoms with Gasteiger partial charge in [-0.05, 0) is 18.6 Å². The molecule has 0 aromatic rings. The molecule has 0 radical (unpaired) electrons. The van der Waals surface area contributed by atoms with Gasteiger partial charge in [0.15, 0.2) is 0 Å². The maximum atomic E-state index is 12.0. The van der Waals surface area contributed by atoms with Gasteiger partial charge >= 0.3 is 0 Å². The highest BCUT2D eigenvalue weighted by Crippen LogP contribution is 2.27. The van der Waals surface area contributed by atoms with Crippen LogP contribution in [0.15, 0.2) is 0 Å². The third kappa shape index (κ3) is 2.46. The van der Waals surface area contributed by atoms with Crippen LogP contribution in [0.2, 0.25) is 0 Å². The Hall–Kier alpha value is -0.260. The molecular weight excluding hydrogens is 214 g/mol. The number of carbonyl (C=O) groups excluding carboxylic acids is 1. The summed E-state index contributed by atoms with van der Waals surface area (Å²) < 4.78 is 0. The highest BCUT2D eigenvalue weighted by Gasteiger charge is 2.35. The summed E-state index contributed by atoms with van der Waals surface area (Å²) in [7, 11) is 0. The van der Waals surface area contributed by atoms with Gasteiger partial charge in [0, 0.05) is 13.1 Å². The number of rotatable bonds is 1. The minimum absolute atomic E-state index is 0.0521. The summed E-state index contributed by atoms with van der Waals surface area (Å²) in [6.07, 6.45) is 1.72. The maximum absolute atomic E-state index is 12.0. The van der Waals surface area contributed by atoms with E-state index in [4.69, 9.17) is 0 Å². The smallest absolute Gasteiger partial charge is 0.235 e. The van der Waals surface area contributed by atoms with Crippen LogP contribution in [0.3, 0.4) is 0 Å². The lowest BCUT2D eigenvalue weighted by Gasteiger charge is -2.25. The van der Waals surface area contributed by atoms with Gasteiger partial charge in [0.2, 0.25) is 5.91 Å². The summed E-state index contributed by atoms with van der Waals surface area (Å²) in [5, 5.41) is 18.8. The molecule has 1 amide bonds. The topological polar surface area (TPSA) is 60.8 Å². The van der Waals surface area contributed by atoms with Gasteiger partial charge in [-0.3, -0.25) is 4.79 Å². The van der Waals surface area contributed by atoms with Crippen molar-refractivity contribution in [3.8, 4) is 0 Å². The lowest BCUT2D eigenvalue weighted by Crippen LogP contribution is -2.38. The summed E-state index contributed by atoms with van der Waals surface area (Å²) in [5.74, 6) is 1.14. The number of carbonyl (C=O) groups is 1. The molecule has 3 atom stereocenters.